The van der Waals surface area contributed by atoms with Crippen molar-refractivity contribution >= 4 is 5.91 Å². The average Bonchev–Trinajstić information content (AvgIpc) is 3.12. The fourth-order valence-electron chi connectivity index (χ4n) is 1.53. The van der Waals surface area contributed by atoms with Gasteiger partial charge in [0.05, 0.1) is 6.10 Å². The molecule has 4 nitrogen and oxygen atoms in total. The topological polar surface area (TPSA) is 51.2 Å². The van der Waals surface area contributed by atoms with E-state index in [1.54, 1.807) is 13.2 Å². The lowest BCUT2D eigenvalue weighted by Gasteiger charge is -2.12. The Morgan fingerprint density at radius 2 is 2.38 bits per heavy atom. The molecule has 0 atom stereocenters. The number of aromatic nitrogens is 1. The van der Waals surface area contributed by atoms with Crippen LogP contribution in [-0.2, 0) is 6.42 Å². The van der Waals surface area contributed by atoms with Crippen molar-refractivity contribution in [1.29, 1.82) is 0 Å². The summed E-state index contributed by atoms with van der Waals surface area (Å²) in [5.41, 5.74) is 1.44. The Labute approximate surface area is 95.0 Å². The summed E-state index contributed by atoms with van der Waals surface area (Å²) in [6.45, 7) is 2.04. The van der Waals surface area contributed by atoms with E-state index in [2.05, 4.69) is 10.3 Å². The molecule has 0 spiro atoms. The number of nitrogens with one attached hydrogen (secondary N) is 1. The normalized spacial score (nSPS) is 14.6. The second kappa shape index (κ2) is 4.51. The molecule has 1 fully saturated rings. The first kappa shape index (κ1) is 10.9. The molecule has 2 rings (SSSR count). The molecule has 0 bridgehead atoms. The number of ether oxygens (including phenoxy) is 1. The van der Waals surface area contributed by atoms with Crippen LogP contribution in [0.15, 0.2) is 12.3 Å². The van der Waals surface area contributed by atoms with E-state index in [-0.39, 0.29) is 12.0 Å². The zero-order valence-electron chi connectivity index (χ0n) is 9.62. The summed E-state index contributed by atoms with van der Waals surface area (Å²) in [5, 5.41) is 2.59. The van der Waals surface area contributed by atoms with Crippen molar-refractivity contribution < 1.29 is 9.53 Å². The molecule has 1 aliphatic carbocycles. The van der Waals surface area contributed by atoms with Gasteiger partial charge in [-0.2, -0.15) is 0 Å². The van der Waals surface area contributed by atoms with Gasteiger partial charge in [-0.1, -0.05) is 6.92 Å². The van der Waals surface area contributed by atoms with E-state index < -0.39 is 0 Å². The molecular weight excluding hydrogens is 204 g/mol. The van der Waals surface area contributed by atoms with Crippen LogP contribution in [0, 0.1) is 0 Å². The van der Waals surface area contributed by atoms with Gasteiger partial charge in [0.2, 0.25) is 0 Å². The van der Waals surface area contributed by atoms with E-state index >= 15 is 0 Å². The maximum absolute atomic E-state index is 11.7. The maximum Gasteiger partial charge on any atom is 0.273 e. The van der Waals surface area contributed by atoms with Crippen molar-refractivity contribution in [2.45, 2.75) is 32.3 Å². The summed E-state index contributed by atoms with van der Waals surface area (Å²) in [7, 11) is 1.60. The van der Waals surface area contributed by atoms with Crippen LogP contribution in [0.1, 0.15) is 35.8 Å². The predicted octanol–water partition coefficient (Wildman–Crippen LogP) is 1.54. The minimum atomic E-state index is -0.189. The third-order valence-corrected chi connectivity index (χ3v) is 2.62. The smallest absolute Gasteiger partial charge is 0.273 e. The van der Waals surface area contributed by atoms with E-state index in [1.165, 1.54) is 0 Å². The fourth-order valence-corrected chi connectivity index (χ4v) is 1.53. The molecule has 0 saturated heterocycles. The highest BCUT2D eigenvalue weighted by Crippen LogP contribution is 2.31. The van der Waals surface area contributed by atoms with Crippen LogP contribution >= 0.6 is 0 Å². The fraction of sp³-hybridized carbons (Fsp3) is 0.500. The third-order valence-electron chi connectivity index (χ3n) is 2.62. The van der Waals surface area contributed by atoms with Gasteiger partial charge < -0.3 is 10.1 Å². The summed E-state index contributed by atoms with van der Waals surface area (Å²) < 4.78 is 5.78. The standard InChI is InChI=1S/C12H16N2O2/c1-3-8-6-7-14-10(12(15)13-2)11(8)16-9-4-5-9/h6-7,9H,3-5H2,1-2H3,(H,13,15). The average molecular weight is 220 g/mol. The summed E-state index contributed by atoms with van der Waals surface area (Å²) in [6, 6.07) is 1.91. The van der Waals surface area contributed by atoms with Crippen molar-refractivity contribution in [3.8, 4) is 5.75 Å². The molecule has 16 heavy (non-hydrogen) atoms. The van der Waals surface area contributed by atoms with Crippen LogP contribution in [0.2, 0.25) is 0 Å². The Hall–Kier alpha value is -1.58. The number of nitrogens with zero attached hydrogens (tertiary/aromatic N) is 1. The number of hydrogen-bond donors (Lipinski definition) is 1. The van der Waals surface area contributed by atoms with Crippen molar-refractivity contribution in [2.75, 3.05) is 7.05 Å². The van der Waals surface area contributed by atoms with Crippen LogP contribution < -0.4 is 10.1 Å². The second-order valence-corrected chi connectivity index (χ2v) is 3.90. The summed E-state index contributed by atoms with van der Waals surface area (Å²) in [5.74, 6) is 0.470. The molecular formula is C12H16N2O2. The van der Waals surface area contributed by atoms with Crippen molar-refractivity contribution in [3.05, 3.63) is 23.5 Å². The molecule has 1 aliphatic rings. The summed E-state index contributed by atoms with van der Waals surface area (Å²) in [6.07, 6.45) is 4.92. The first-order valence-electron chi connectivity index (χ1n) is 5.62. The SMILES string of the molecule is CCc1ccnc(C(=O)NC)c1OC1CC1. The second-order valence-electron chi connectivity index (χ2n) is 3.90. The molecule has 1 aromatic rings. The van der Waals surface area contributed by atoms with E-state index in [4.69, 9.17) is 4.74 Å². The van der Waals surface area contributed by atoms with Gasteiger partial charge in [-0.05, 0) is 30.9 Å². The summed E-state index contributed by atoms with van der Waals surface area (Å²) >= 11 is 0. The van der Waals surface area contributed by atoms with Crippen LogP contribution in [0.5, 0.6) is 5.75 Å². The molecule has 1 heterocycles. The highest BCUT2D eigenvalue weighted by atomic mass is 16.5. The zero-order valence-corrected chi connectivity index (χ0v) is 9.62. The van der Waals surface area contributed by atoms with Crippen LogP contribution in [0.25, 0.3) is 0 Å². The van der Waals surface area contributed by atoms with Gasteiger partial charge in [0, 0.05) is 13.2 Å². The van der Waals surface area contributed by atoms with Crippen molar-refractivity contribution in [3.63, 3.8) is 0 Å². The first-order valence-corrected chi connectivity index (χ1v) is 5.62. The lowest BCUT2D eigenvalue weighted by Crippen LogP contribution is -2.21. The van der Waals surface area contributed by atoms with Gasteiger partial charge in [0.1, 0.15) is 0 Å². The van der Waals surface area contributed by atoms with E-state index in [9.17, 15) is 4.79 Å². The van der Waals surface area contributed by atoms with Gasteiger partial charge >= 0.3 is 0 Å². The molecule has 1 N–H and O–H groups in total. The number of aryl methyl sites for hydroxylation is 1. The minimum absolute atomic E-state index is 0.189. The highest BCUT2D eigenvalue weighted by Gasteiger charge is 2.27. The number of amides is 1. The van der Waals surface area contributed by atoms with Gasteiger partial charge in [0.15, 0.2) is 11.4 Å². The highest BCUT2D eigenvalue weighted by molar-refractivity contribution is 5.95. The van der Waals surface area contributed by atoms with Gasteiger partial charge in [-0.15, -0.1) is 0 Å². The lowest BCUT2D eigenvalue weighted by molar-refractivity contribution is 0.0953. The molecule has 4 heteroatoms. The predicted molar refractivity (Wildman–Crippen MR) is 60.7 cm³/mol. The zero-order chi connectivity index (χ0) is 11.5. The van der Waals surface area contributed by atoms with Gasteiger partial charge in [-0.25, -0.2) is 4.98 Å². The number of hydrogen-bond acceptors (Lipinski definition) is 3. The number of carbonyl (C=O) groups is 1. The number of pyridine rings is 1. The van der Waals surface area contributed by atoms with Crippen molar-refractivity contribution in [2.24, 2.45) is 0 Å². The van der Waals surface area contributed by atoms with Crippen LogP contribution in [0.4, 0.5) is 0 Å². The molecule has 1 amide bonds. The molecule has 0 unspecified atom stereocenters. The Morgan fingerprint density at radius 1 is 1.62 bits per heavy atom. The molecule has 0 aromatic carbocycles. The molecule has 0 radical (unpaired) electrons. The Morgan fingerprint density at radius 3 is 2.94 bits per heavy atom. The molecule has 0 aliphatic heterocycles. The van der Waals surface area contributed by atoms with E-state index in [0.717, 1.165) is 24.8 Å². The Bertz CT molecular complexity index is 400. The quantitative estimate of drug-likeness (QED) is 0.837. The van der Waals surface area contributed by atoms with Crippen molar-refractivity contribution in [1.82, 2.24) is 10.3 Å². The van der Waals surface area contributed by atoms with Gasteiger partial charge in [0.25, 0.3) is 5.91 Å². The minimum Gasteiger partial charge on any atom is -0.488 e. The first-order chi connectivity index (χ1) is 7.76. The number of rotatable bonds is 4. The molecule has 1 saturated carbocycles. The van der Waals surface area contributed by atoms with E-state index in [0.29, 0.717) is 11.4 Å². The maximum atomic E-state index is 11.7. The third kappa shape index (κ3) is 2.15. The lowest BCUT2D eigenvalue weighted by atomic mass is 10.1. The largest absolute Gasteiger partial charge is 0.488 e. The van der Waals surface area contributed by atoms with Crippen LogP contribution in [0.3, 0.4) is 0 Å². The van der Waals surface area contributed by atoms with E-state index in [1.807, 2.05) is 13.0 Å². The van der Waals surface area contributed by atoms with Gasteiger partial charge in [-0.3, -0.25) is 4.79 Å². The number of carbonyl (C=O) groups excluding carboxylic acids is 1. The molecule has 1 aromatic heterocycles. The Balaban J connectivity index is 2.36. The van der Waals surface area contributed by atoms with Crippen LogP contribution in [-0.4, -0.2) is 24.0 Å². The Kier molecular flexibility index (Phi) is 3.08. The monoisotopic (exact) mass is 220 g/mol. The summed E-state index contributed by atoms with van der Waals surface area (Å²) in [4.78, 5) is 15.8. The molecule has 86 valence electrons.